The van der Waals surface area contributed by atoms with Crippen LogP contribution in [0.25, 0.3) is 0 Å². The third-order valence-electron chi connectivity index (χ3n) is 10.6. The number of fused-ring (bicyclic) bond motifs is 5. The van der Waals surface area contributed by atoms with Crippen LogP contribution in [-0.4, -0.2) is 53.3 Å². The van der Waals surface area contributed by atoms with Crippen molar-refractivity contribution in [3.05, 3.63) is 58.4 Å². The van der Waals surface area contributed by atoms with Crippen molar-refractivity contribution >= 4 is 11.8 Å². The number of benzene rings is 2. The smallest absolute Gasteiger partial charge is 0.200 e. The van der Waals surface area contributed by atoms with Gasteiger partial charge >= 0.3 is 0 Å². The fourth-order valence-corrected chi connectivity index (χ4v) is 9.25. The molecule has 0 aromatic heterocycles. The van der Waals surface area contributed by atoms with E-state index in [9.17, 15) is 32.2 Å². The van der Waals surface area contributed by atoms with E-state index in [4.69, 9.17) is 0 Å². The van der Waals surface area contributed by atoms with E-state index in [0.29, 0.717) is 68.3 Å². The Hall–Kier alpha value is -1.91. The molecule has 0 aliphatic heterocycles. The topological polar surface area (TPSA) is 43.7 Å². The molecule has 0 bridgehead atoms. The van der Waals surface area contributed by atoms with E-state index in [-0.39, 0.29) is 28.9 Å². The predicted molar refractivity (Wildman–Crippen MR) is 155 cm³/mol. The molecule has 5 rings (SSSR count). The van der Waals surface area contributed by atoms with Gasteiger partial charge in [0.1, 0.15) is 11.9 Å². The molecule has 0 heterocycles. The number of halogens is 6. The number of phenols is 1. The summed E-state index contributed by atoms with van der Waals surface area (Å²) in [6, 6.07) is 5.62. The highest BCUT2D eigenvalue weighted by atomic mass is 32.2. The summed E-state index contributed by atoms with van der Waals surface area (Å²) in [7, 11) is 1.86. The van der Waals surface area contributed by atoms with Gasteiger partial charge in [0.05, 0.1) is 11.0 Å². The second-order valence-corrected chi connectivity index (χ2v) is 14.3. The first-order valence-electron chi connectivity index (χ1n) is 15.4. The van der Waals surface area contributed by atoms with Crippen molar-refractivity contribution < 1.29 is 36.6 Å². The molecule has 0 spiro atoms. The van der Waals surface area contributed by atoms with Crippen molar-refractivity contribution in [3.63, 3.8) is 0 Å². The zero-order valence-electron chi connectivity index (χ0n) is 24.7. The van der Waals surface area contributed by atoms with Crippen LogP contribution in [0.5, 0.6) is 5.75 Å². The Kier molecular flexibility index (Phi) is 9.98. The summed E-state index contributed by atoms with van der Waals surface area (Å²) >= 11 is 0.598. The first kappa shape index (κ1) is 32.5. The van der Waals surface area contributed by atoms with Crippen LogP contribution < -0.4 is 0 Å². The van der Waals surface area contributed by atoms with Crippen LogP contribution in [0.3, 0.4) is 0 Å². The van der Waals surface area contributed by atoms with Gasteiger partial charge in [-0.25, -0.2) is 26.3 Å². The molecule has 0 radical (unpaired) electrons. The van der Waals surface area contributed by atoms with E-state index in [0.717, 1.165) is 37.7 Å². The van der Waals surface area contributed by atoms with E-state index in [1.165, 1.54) is 5.56 Å². The Bertz CT molecular complexity index is 1280. The van der Waals surface area contributed by atoms with Crippen molar-refractivity contribution in [1.82, 2.24) is 4.90 Å². The number of hydrogen-bond acceptors (Lipinski definition) is 4. The quantitative estimate of drug-likeness (QED) is 0.0866. The molecule has 2 aromatic rings. The number of aliphatic hydroxyl groups is 1. The Balaban J connectivity index is 1.12. The lowest BCUT2D eigenvalue weighted by molar-refractivity contribution is -0.0424. The normalized spacial score (nSPS) is 28.9. The summed E-state index contributed by atoms with van der Waals surface area (Å²) < 4.78 is 83.4. The van der Waals surface area contributed by atoms with Crippen LogP contribution >= 0.6 is 11.8 Å². The molecule has 43 heavy (non-hydrogen) atoms. The molecule has 3 nitrogen and oxygen atoms in total. The Labute approximate surface area is 254 Å². The van der Waals surface area contributed by atoms with Gasteiger partial charge in [0.15, 0.2) is 23.3 Å². The van der Waals surface area contributed by atoms with Crippen molar-refractivity contribution in [1.29, 1.82) is 0 Å². The third-order valence-corrected chi connectivity index (χ3v) is 11.7. The van der Waals surface area contributed by atoms with Crippen LogP contribution in [-0.2, 0) is 6.42 Å². The summed E-state index contributed by atoms with van der Waals surface area (Å²) in [5.41, 5.74) is 2.26. The first-order chi connectivity index (χ1) is 20.4. The summed E-state index contributed by atoms with van der Waals surface area (Å²) in [5, 5.41) is 21.0. The minimum atomic E-state index is -2.16. The number of nitrogens with zero attached hydrogens (tertiary/aromatic N) is 1. The summed E-state index contributed by atoms with van der Waals surface area (Å²) in [4.78, 5) is 1.11. The number of alkyl halides is 1. The summed E-state index contributed by atoms with van der Waals surface area (Å²) in [6.07, 6.45) is 5.05. The Morgan fingerprint density at radius 2 is 1.65 bits per heavy atom. The van der Waals surface area contributed by atoms with Gasteiger partial charge in [-0.15, -0.1) is 11.8 Å². The number of aliphatic hydroxyl groups excluding tert-OH is 1. The van der Waals surface area contributed by atoms with E-state index in [1.54, 1.807) is 6.07 Å². The van der Waals surface area contributed by atoms with Crippen LogP contribution in [0, 0.1) is 52.3 Å². The molecule has 7 atom stereocenters. The number of aromatic hydroxyl groups is 1. The van der Waals surface area contributed by atoms with Gasteiger partial charge in [-0.3, -0.25) is 0 Å². The molecule has 2 N–H and O–H groups in total. The molecular formula is C33H41F6NO2S. The van der Waals surface area contributed by atoms with Crippen LogP contribution in [0.15, 0.2) is 23.1 Å². The van der Waals surface area contributed by atoms with Gasteiger partial charge in [-0.1, -0.05) is 13.0 Å². The van der Waals surface area contributed by atoms with Crippen molar-refractivity contribution in [2.24, 2.45) is 23.2 Å². The molecule has 0 saturated heterocycles. The molecular weight excluding hydrogens is 588 g/mol. The van der Waals surface area contributed by atoms with Gasteiger partial charge in [-0.05, 0) is 136 Å². The second-order valence-electron chi connectivity index (χ2n) is 13.2. The maximum atomic E-state index is 15.6. The Morgan fingerprint density at radius 3 is 2.37 bits per heavy atom. The highest BCUT2D eigenvalue weighted by Gasteiger charge is 2.56. The molecule has 0 amide bonds. The molecule has 1 unspecified atom stereocenters. The van der Waals surface area contributed by atoms with Gasteiger partial charge in [-0.2, -0.15) is 0 Å². The minimum absolute atomic E-state index is 0.128. The molecule has 2 saturated carbocycles. The molecule has 3 aliphatic carbocycles. The molecule has 3 aliphatic rings. The van der Waals surface area contributed by atoms with E-state index in [2.05, 4.69) is 6.92 Å². The zero-order chi connectivity index (χ0) is 31.1. The van der Waals surface area contributed by atoms with Crippen LogP contribution in [0.1, 0.15) is 75.3 Å². The lowest BCUT2D eigenvalue weighted by atomic mass is 9.52. The molecule has 10 heteroatoms. The van der Waals surface area contributed by atoms with Gasteiger partial charge in [0, 0.05) is 0 Å². The highest BCUT2D eigenvalue weighted by Crippen LogP contribution is 2.62. The second kappa shape index (κ2) is 13.2. The first-order valence-corrected chi connectivity index (χ1v) is 16.4. The number of phenolic OH excluding ortho intramolecular Hbond substituents is 1. The van der Waals surface area contributed by atoms with E-state index < -0.39 is 40.2 Å². The monoisotopic (exact) mass is 629 g/mol. The van der Waals surface area contributed by atoms with E-state index >= 15 is 4.39 Å². The van der Waals surface area contributed by atoms with Gasteiger partial charge < -0.3 is 15.1 Å². The number of rotatable bonds is 11. The maximum absolute atomic E-state index is 15.6. The van der Waals surface area contributed by atoms with Crippen molar-refractivity contribution in [2.75, 3.05) is 25.9 Å². The summed E-state index contributed by atoms with van der Waals surface area (Å²) in [6.45, 7) is 3.36. The number of thioether (sulfide) groups is 1. The van der Waals surface area contributed by atoms with Crippen LogP contribution in [0.2, 0.25) is 0 Å². The van der Waals surface area contributed by atoms with Crippen LogP contribution in [0.4, 0.5) is 26.3 Å². The molecule has 2 aromatic carbocycles. The summed E-state index contributed by atoms with van der Waals surface area (Å²) in [5.74, 6) is -8.13. The Morgan fingerprint density at radius 1 is 0.977 bits per heavy atom. The SMILES string of the molecule is CN(CCCSc1c(F)c(F)c(F)c(F)c1F)CCCC(F)C[C@@H]1Cc2cc(O)ccc2[C@H]2CC[C@]3(C)[C@@H](O)CC[C@H]3[C@H]12. The predicted octanol–water partition coefficient (Wildman–Crippen LogP) is 8.15. The highest BCUT2D eigenvalue weighted by molar-refractivity contribution is 7.99. The lowest BCUT2D eigenvalue weighted by Crippen LogP contribution is -2.47. The lowest BCUT2D eigenvalue weighted by Gasteiger charge is -2.53. The third kappa shape index (κ3) is 6.43. The van der Waals surface area contributed by atoms with Gasteiger partial charge in [0.2, 0.25) is 5.82 Å². The number of hydrogen-bond donors (Lipinski definition) is 2. The average molecular weight is 630 g/mol. The van der Waals surface area contributed by atoms with Crippen molar-refractivity contribution in [2.45, 2.75) is 87.8 Å². The fraction of sp³-hybridized carbons (Fsp3) is 0.636. The average Bonchev–Trinajstić information content (AvgIpc) is 3.28. The largest absolute Gasteiger partial charge is 0.508 e. The fourth-order valence-electron chi connectivity index (χ4n) is 8.34. The van der Waals surface area contributed by atoms with Gasteiger partial charge in [0.25, 0.3) is 0 Å². The zero-order valence-corrected chi connectivity index (χ0v) is 25.5. The van der Waals surface area contributed by atoms with Crippen molar-refractivity contribution in [3.8, 4) is 5.75 Å². The molecule has 238 valence electrons. The maximum Gasteiger partial charge on any atom is 0.200 e. The minimum Gasteiger partial charge on any atom is -0.508 e. The molecule has 2 fully saturated rings. The van der Waals surface area contributed by atoms with E-state index in [1.807, 2.05) is 24.1 Å². The standard InChI is InChI=1S/C33H41F6NO2S/c1-33-11-10-23-22-7-6-21(41)17-18(22)15-19(26(23)24(33)8-9-25(33)42)16-20(34)5-3-12-40(2)13-4-14-43-32-30(38)28(36)27(35)29(37)31(32)39/h6-7,17,19-20,23-26,41-42H,3-5,8-16H2,1-2H3/t19-,20?,23+,24-,25-,26+,33-/m0/s1.